The van der Waals surface area contributed by atoms with Crippen LogP contribution in [0.15, 0.2) is 17.8 Å². The van der Waals surface area contributed by atoms with E-state index in [-0.39, 0.29) is 6.04 Å². The molecule has 0 aliphatic rings. The molecule has 5 nitrogen and oxygen atoms in total. The smallest absolute Gasteiger partial charge is 0.182 e. The predicted octanol–water partition coefficient (Wildman–Crippen LogP) is 3.10. The van der Waals surface area contributed by atoms with Crippen molar-refractivity contribution in [1.29, 1.82) is 5.26 Å². The van der Waals surface area contributed by atoms with Crippen LogP contribution in [0.3, 0.4) is 0 Å². The molecule has 0 bridgehead atoms. The molecule has 6 heteroatoms. The third-order valence-corrected chi connectivity index (χ3v) is 3.80. The van der Waals surface area contributed by atoms with Crippen molar-refractivity contribution >= 4 is 17.2 Å². The molecule has 0 saturated carbocycles. The van der Waals surface area contributed by atoms with Crippen molar-refractivity contribution in [2.75, 3.05) is 5.32 Å². The molecule has 1 N–H and O–H groups in total. The van der Waals surface area contributed by atoms with Crippen LogP contribution in [-0.2, 0) is 0 Å². The second kappa shape index (κ2) is 5.76. The summed E-state index contributed by atoms with van der Waals surface area (Å²) in [6, 6.07) is 2.02. The zero-order chi connectivity index (χ0) is 13.8. The Morgan fingerprint density at radius 1 is 1.26 bits per heavy atom. The average molecular weight is 273 g/mol. The molecule has 2 aromatic rings. The predicted molar refractivity (Wildman–Crippen MR) is 75.0 cm³/mol. The maximum atomic E-state index is 8.97. The highest BCUT2D eigenvalue weighted by molar-refractivity contribution is 7.09. The van der Waals surface area contributed by atoms with Gasteiger partial charge in [-0.3, -0.25) is 0 Å². The van der Waals surface area contributed by atoms with Crippen LogP contribution in [-0.4, -0.2) is 15.0 Å². The van der Waals surface area contributed by atoms with Crippen molar-refractivity contribution in [3.63, 3.8) is 0 Å². The largest absolute Gasteiger partial charge is 0.360 e. The average Bonchev–Trinajstić information content (AvgIpc) is 2.89. The Morgan fingerprint density at radius 2 is 2.00 bits per heavy atom. The van der Waals surface area contributed by atoms with Crippen LogP contribution in [0.5, 0.6) is 0 Å². The van der Waals surface area contributed by atoms with E-state index in [1.165, 1.54) is 6.20 Å². The van der Waals surface area contributed by atoms with Gasteiger partial charge in [0.15, 0.2) is 11.5 Å². The summed E-state index contributed by atoms with van der Waals surface area (Å²) < 4.78 is 0. The number of anilines is 1. The second-order valence-corrected chi connectivity index (χ2v) is 5.39. The fourth-order valence-electron chi connectivity index (χ4n) is 1.57. The van der Waals surface area contributed by atoms with Crippen LogP contribution in [0.4, 0.5) is 5.82 Å². The van der Waals surface area contributed by atoms with Gasteiger partial charge < -0.3 is 5.32 Å². The molecule has 98 valence electrons. The Hall–Kier alpha value is -2.00. The van der Waals surface area contributed by atoms with Gasteiger partial charge in [-0.15, -0.1) is 11.3 Å². The summed E-state index contributed by atoms with van der Waals surface area (Å²) in [7, 11) is 0. The minimum absolute atomic E-state index is 0.00690. The van der Waals surface area contributed by atoms with Gasteiger partial charge in [0.2, 0.25) is 0 Å². The molecule has 1 atom stereocenters. The van der Waals surface area contributed by atoms with Crippen molar-refractivity contribution in [1.82, 2.24) is 15.0 Å². The van der Waals surface area contributed by atoms with E-state index in [1.807, 2.05) is 18.4 Å². The number of thiazole rings is 1. The SMILES string of the molecule is CC(C)c1nc([C@H](C)Nc2nccnc2C#N)cs1. The molecule has 0 fully saturated rings. The number of nitrogens with one attached hydrogen (secondary N) is 1. The van der Waals surface area contributed by atoms with Gasteiger partial charge in [-0.25, -0.2) is 15.0 Å². The minimum Gasteiger partial charge on any atom is -0.360 e. The van der Waals surface area contributed by atoms with E-state index in [9.17, 15) is 0 Å². The molecule has 2 heterocycles. The van der Waals surface area contributed by atoms with E-state index >= 15 is 0 Å². The van der Waals surface area contributed by atoms with Crippen molar-refractivity contribution in [2.45, 2.75) is 32.7 Å². The molecule has 0 saturated heterocycles. The zero-order valence-corrected chi connectivity index (χ0v) is 11.9. The van der Waals surface area contributed by atoms with E-state index in [1.54, 1.807) is 17.5 Å². The fourth-order valence-corrected chi connectivity index (χ4v) is 2.50. The van der Waals surface area contributed by atoms with E-state index in [0.717, 1.165) is 10.7 Å². The molecular formula is C13H15N5S. The highest BCUT2D eigenvalue weighted by atomic mass is 32.1. The molecular weight excluding hydrogens is 258 g/mol. The molecule has 0 amide bonds. The lowest BCUT2D eigenvalue weighted by atomic mass is 10.2. The lowest BCUT2D eigenvalue weighted by Crippen LogP contribution is -2.10. The molecule has 0 unspecified atom stereocenters. The summed E-state index contributed by atoms with van der Waals surface area (Å²) in [6.07, 6.45) is 3.07. The van der Waals surface area contributed by atoms with Gasteiger partial charge in [0.1, 0.15) is 6.07 Å². The lowest BCUT2D eigenvalue weighted by Gasteiger charge is -2.12. The highest BCUT2D eigenvalue weighted by Crippen LogP contribution is 2.24. The van der Waals surface area contributed by atoms with E-state index in [4.69, 9.17) is 5.26 Å². The molecule has 0 spiro atoms. The van der Waals surface area contributed by atoms with Gasteiger partial charge in [0.25, 0.3) is 0 Å². The number of hydrogen-bond acceptors (Lipinski definition) is 6. The van der Waals surface area contributed by atoms with Crippen molar-refractivity contribution < 1.29 is 0 Å². The minimum atomic E-state index is -0.00690. The van der Waals surface area contributed by atoms with Gasteiger partial charge in [0.05, 0.1) is 16.7 Å². The van der Waals surface area contributed by atoms with Gasteiger partial charge in [-0.05, 0) is 6.92 Å². The molecule has 0 aromatic carbocycles. The number of nitrogens with zero attached hydrogens (tertiary/aromatic N) is 4. The maximum absolute atomic E-state index is 8.97. The summed E-state index contributed by atoms with van der Waals surface area (Å²) in [5.74, 6) is 0.925. The Kier molecular flexibility index (Phi) is 4.07. The Morgan fingerprint density at radius 3 is 2.63 bits per heavy atom. The third-order valence-electron chi connectivity index (χ3n) is 2.63. The van der Waals surface area contributed by atoms with Crippen LogP contribution in [0, 0.1) is 11.3 Å². The number of rotatable bonds is 4. The van der Waals surface area contributed by atoms with E-state index in [2.05, 4.69) is 34.1 Å². The van der Waals surface area contributed by atoms with Gasteiger partial charge in [-0.2, -0.15) is 5.26 Å². The summed E-state index contributed by atoms with van der Waals surface area (Å²) in [5, 5.41) is 15.3. The van der Waals surface area contributed by atoms with E-state index < -0.39 is 0 Å². The standard InChI is InChI=1S/C13H15N5S/c1-8(2)13-18-11(7-19-13)9(3)17-12-10(6-14)15-4-5-16-12/h4-5,7-9H,1-3H3,(H,16,17)/t9-/m0/s1. The number of aromatic nitrogens is 3. The van der Waals surface area contributed by atoms with Gasteiger partial charge >= 0.3 is 0 Å². The summed E-state index contributed by atoms with van der Waals surface area (Å²) in [6.45, 7) is 6.24. The Balaban J connectivity index is 2.16. The fraction of sp³-hybridized carbons (Fsp3) is 0.385. The van der Waals surface area contributed by atoms with Crippen LogP contribution < -0.4 is 5.32 Å². The van der Waals surface area contributed by atoms with Crippen LogP contribution in [0.25, 0.3) is 0 Å². The summed E-state index contributed by atoms with van der Waals surface area (Å²) in [5.41, 5.74) is 1.26. The van der Waals surface area contributed by atoms with Crippen LogP contribution in [0.1, 0.15) is 49.1 Å². The van der Waals surface area contributed by atoms with E-state index in [0.29, 0.717) is 17.4 Å². The van der Waals surface area contributed by atoms with Crippen LogP contribution in [0.2, 0.25) is 0 Å². The maximum Gasteiger partial charge on any atom is 0.182 e. The molecule has 2 aromatic heterocycles. The molecule has 19 heavy (non-hydrogen) atoms. The van der Waals surface area contributed by atoms with Crippen molar-refractivity contribution in [2.24, 2.45) is 0 Å². The normalized spacial score (nSPS) is 12.2. The number of hydrogen-bond donors (Lipinski definition) is 1. The first kappa shape index (κ1) is 13.4. The van der Waals surface area contributed by atoms with Gasteiger partial charge in [0, 0.05) is 23.7 Å². The molecule has 0 radical (unpaired) electrons. The second-order valence-electron chi connectivity index (χ2n) is 4.50. The van der Waals surface area contributed by atoms with Crippen LogP contribution >= 0.6 is 11.3 Å². The molecule has 0 aliphatic heterocycles. The topological polar surface area (TPSA) is 74.5 Å². The Bertz CT molecular complexity index is 599. The first-order chi connectivity index (χ1) is 9.11. The summed E-state index contributed by atoms with van der Waals surface area (Å²) >= 11 is 1.65. The molecule has 0 aliphatic carbocycles. The first-order valence-corrected chi connectivity index (χ1v) is 6.92. The Labute approximate surface area is 116 Å². The van der Waals surface area contributed by atoms with Gasteiger partial charge in [-0.1, -0.05) is 13.8 Å². The van der Waals surface area contributed by atoms with Crippen molar-refractivity contribution in [3.05, 3.63) is 34.2 Å². The van der Waals surface area contributed by atoms with Crippen molar-refractivity contribution in [3.8, 4) is 6.07 Å². The number of nitriles is 1. The monoisotopic (exact) mass is 273 g/mol. The molecule has 2 rings (SSSR count). The lowest BCUT2D eigenvalue weighted by molar-refractivity contribution is 0.797. The zero-order valence-electron chi connectivity index (χ0n) is 11.1. The quantitative estimate of drug-likeness (QED) is 0.926. The highest BCUT2D eigenvalue weighted by Gasteiger charge is 2.14. The first-order valence-electron chi connectivity index (χ1n) is 6.04. The third kappa shape index (κ3) is 3.06. The summed E-state index contributed by atoms with van der Waals surface area (Å²) in [4.78, 5) is 12.7.